The average Bonchev–Trinajstić information content (AvgIpc) is 3.13. The van der Waals surface area contributed by atoms with Crippen molar-refractivity contribution in [3.63, 3.8) is 0 Å². The first kappa shape index (κ1) is 16.7. The molecule has 0 spiro atoms. The molecule has 0 radical (unpaired) electrons. The number of alkyl halides is 3. The molecule has 2 atom stereocenters. The number of halogens is 3. The molecule has 1 aliphatic heterocycles. The van der Waals surface area contributed by atoms with Gasteiger partial charge in [-0.15, -0.1) is 0 Å². The van der Waals surface area contributed by atoms with E-state index < -0.39 is 18.1 Å². The Morgan fingerprint density at radius 3 is 2.05 bits per heavy atom. The lowest BCUT2D eigenvalue weighted by Gasteiger charge is -2.27. The Labute approximate surface area is 114 Å². The number of nitrogens with one attached hydrogen (secondary N) is 1. The van der Waals surface area contributed by atoms with Gasteiger partial charge in [-0.2, -0.15) is 13.2 Å². The third kappa shape index (κ3) is 6.23. The van der Waals surface area contributed by atoms with Gasteiger partial charge in [0.15, 0.2) is 0 Å². The zero-order chi connectivity index (χ0) is 15.3. The van der Waals surface area contributed by atoms with E-state index in [1.807, 2.05) is 0 Å². The second-order valence-corrected chi connectivity index (χ2v) is 5.22. The molecule has 2 aliphatic rings. The molecule has 3 N–H and O–H groups in total. The fraction of sp³-hybridized carbons (Fsp3) is 0.833. The molecule has 0 unspecified atom stereocenters. The minimum Gasteiger partial charge on any atom is -0.480 e. The molecule has 1 aliphatic carbocycles. The van der Waals surface area contributed by atoms with Gasteiger partial charge in [-0.05, 0) is 37.6 Å². The first-order chi connectivity index (χ1) is 9.20. The van der Waals surface area contributed by atoms with E-state index in [1.165, 1.54) is 25.7 Å². The molecule has 0 amide bonds. The smallest absolute Gasteiger partial charge is 0.480 e. The van der Waals surface area contributed by atoms with Gasteiger partial charge < -0.3 is 15.5 Å². The summed E-state index contributed by atoms with van der Waals surface area (Å²) in [6.07, 6.45) is 0.945. The summed E-state index contributed by atoms with van der Waals surface area (Å²) in [7, 11) is 0. The first-order valence-electron chi connectivity index (χ1n) is 6.46. The second-order valence-electron chi connectivity index (χ2n) is 5.22. The Bertz CT molecular complexity index is 355. The summed E-state index contributed by atoms with van der Waals surface area (Å²) in [5.74, 6) is -1.85. The van der Waals surface area contributed by atoms with Gasteiger partial charge in [0.2, 0.25) is 0 Å². The molecule has 116 valence electrons. The molecule has 1 heterocycles. The molecule has 1 saturated heterocycles. The van der Waals surface area contributed by atoms with Crippen LogP contribution >= 0.6 is 0 Å². The van der Waals surface area contributed by atoms with Gasteiger partial charge in [0, 0.05) is 0 Å². The molecule has 20 heavy (non-hydrogen) atoms. The predicted octanol–water partition coefficient (Wildman–Crippen LogP) is 1.87. The monoisotopic (exact) mass is 297 g/mol. The fourth-order valence-corrected chi connectivity index (χ4v) is 2.22. The Morgan fingerprint density at radius 1 is 1.10 bits per heavy atom. The molecule has 2 rings (SSSR count). The van der Waals surface area contributed by atoms with Crippen molar-refractivity contribution in [2.75, 3.05) is 6.54 Å². The number of carboxylic acids is 2. The molecule has 8 heteroatoms. The number of piperidine rings is 1. The zero-order valence-electron chi connectivity index (χ0n) is 10.8. The summed E-state index contributed by atoms with van der Waals surface area (Å²) < 4.78 is 31.7. The van der Waals surface area contributed by atoms with Gasteiger partial charge in [0.1, 0.15) is 6.04 Å². The molecular weight excluding hydrogens is 279 g/mol. The average molecular weight is 297 g/mol. The summed E-state index contributed by atoms with van der Waals surface area (Å²) in [6, 6.07) is -0.280. The van der Waals surface area contributed by atoms with Crippen LogP contribution in [0.1, 0.15) is 32.1 Å². The standard InChI is InChI=1S/C10H17NO2.C2HF3O2/c12-10(13)9-6-8(3-4-11-9)5-7-1-2-7;3-2(4,5)1(6)7/h7-9,11H,1-6H2,(H,12,13);(H,6,7)/t8-,9-;/m0./s1. The Kier molecular flexibility index (Phi) is 5.79. The van der Waals surface area contributed by atoms with Crippen molar-refractivity contribution in [2.24, 2.45) is 11.8 Å². The van der Waals surface area contributed by atoms with Crippen LogP contribution in [0.5, 0.6) is 0 Å². The lowest BCUT2D eigenvalue weighted by Crippen LogP contribution is -2.43. The maximum absolute atomic E-state index is 10.7. The Morgan fingerprint density at radius 2 is 1.65 bits per heavy atom. The van der Waals surface area contributed by atoms with E-state index in [0.717, 1.165) is 18.9 Å². The van der Waals surface area contributed by atoms with Crippen LogP contribution < -0.4 is 5.32 Å². The highest BCUT2D eigenvalue weighted by Crippen LogP contribution is 2.38. The highest BCUT2D eigenvalue weighted by molar-refractivity contribution is 5.73. The summed E-state index contributed by atoms with van der Waals surface area (Å²) in [6.45, 7) is 0.883. The van der Waals surface area contributed by atoms with E-state index in [0.29, 0.717) is 5.92 Å². The summed E-state index contributed by atoms with van der Waals surface area (Å²) in [5.41, 5.74) is 0. The fourth-order valence-electron chi connectivity index (χ4n) is 2.22. The van der Waals surface area contributed by atoms with Crippen molar-refractivity contribution in [1.82, 2.24) is 5.32 Å². The van der Waals surface area contributed by atoms with Gasteiger partial charge in [0.05, 0.1) is 0 Å². The van der Waals surface area contributed by atoms with Crippen molar-refractivity contribution in [3.05, 3.63) is 0 Å². The van der Waals surface area contributed by atoms with Gasteiger partial charge in [0.25, 0.3) is 0 Å². The highest BCUT2D eigenvalue weighted by Gasteiger charge is 2.38. The normalized spacial score (nSPS) is 26.4. The molecular formula is C12H18F3NO4. The van der Waals surface area contributed by atoms with Crippen LogP contribution in [0.4, 0.5) is 13.2 Å². The molecule has 5 nitrogen and oxygen atoms in total. The molecule has 1 saturated carbocycles. The third-order valence-corrected chi connectivity index (χ3v) is 3.42. The number of aliphatic carboxylic acids is 2. The number of carboxylic acid groups (broad SMARTS) is 2. The predicted molar refractivity (Wildman–Crippen MR) is 63.2 cm³/mol. The Hall–Kier alpha value is -1.31. The van der Waals surface area contributed by atoms with Crippen molar-refractivity contribution < 1.29 is 33.0 Å². The lowest BCUT2D eigenvalue weighted by molar-refractivity contribution is -0.192. The molecule has 0 aromatic rings. The van der Waals surface area contributed by atoms with Crippen LogP contribution in [0.3, 0.4) is 0 Å². The SMILES string of the molecule is O=C(O)C(F)(F)F.O=C(O)[C@@H]1C[C@H](CC2CC2)CCN1. The maximum atomic E-state index is 10.7. The zero-order valence-corrected chi connectivity index (χ0v) is 10.8. The van der Waals surface area contributed by atoms with E-state index in [-0.39, 0.29) is 6.04 Å². The van der Waals surface area contributed by atoms with Gasteiger partial charge in [-0.3, -0.25) is 4.79 Å². The van der Waals surface area contributed by atoms with Crippen LogP contribution in [-0.2, 0) is 9.59 Å². The van der Waals surface area contributed by atoms with Crippen LogP contribution in [0, 0.1) is 11.8 Å². The number of carbonyl (C=O) groups is 2. The maximum Gasteiger partial charge on any atom is 0.490 e. The van der Waals surface area contributed by atoms with Crippen molar-refractivity contribution in [3.8, 4) is 0 Å². The van der Waals surface area contributed by atoms with E-state index in [4.69, 9.17) is 15.0 Å². The van der Waals surface area contributed by atoms with E-state index in [1.54, 1.807) is 0 Å². The lowest BCUT2D eigenvalue weighted by atomic mass is 9.88. The Balaban J connectivity index is 0.000000246. The van der Waals surface area contributed by atoms with Crippen molar-refractivity contribution in [1.29, 1.82) is 0 Å². The minimum atomic E-state index is -5.08. The second kappa shape index (κ2) is 6.92. The molecule has 0 bridgehead atoms. The third-order valence-electron chi connectivity index (χ3n) is 3.42. The number of hydrogen-bond donors (Lipinski definition) is 3. The van der Waals surface area contributed by atoms with Crippen molar-refractivity contribution >= 4 is 11.9 Å². The summed E-state index contributed by atoms with van der Waals surface area (Å²) in [5, 5.41) is 19.0. The quantitative estimate of drug-likeness (QED) is 0.740. The molecule has 2 fully saturated rings. The molecule has 0 aromatic heterocycles. The largest absolute Gasteiger partial charge is 0.490 e. The minimum absolute atomic E-state index is 0.280. The van der Waals surface area contributed by atoms with Crippen molar-refractivity contribution in [2.45, 2.75) is 44.3 Å². The van der Waals surface area contributed by atoms with Crippen LogP contribution in [0.2, 0.25) is 0 Å². The van der Waals surface area contributed by atoms with E-state index in [2.05, 4.69) is 5.32 Å². The number of rotatable bonds is 3. The van der Waals surface area contributed by atoms with Crippen LogP contribution in [0.15, 0.2) is 0 Å². The van der Waals surface area contributed by atoms with Gasteiger partial charge in [-0.1, -0.05) is 12.8 Å². The molecule has 0 aromatic carbocycles. The van der Waals surface area contributed by atoms with Gasteiger partial charge >= 0.3 is 18.1 Å². The van der Waals surface area contributed by atoms with Crippen LogP contribution in [0.25, 0.3) is 0 Å². The highest BCUT2D eigenvalue weighted by atomic mass is 19.4. The van der Waals surface area contributed by atoms with E-state index in [9.17, 15) is 18.0 Å². The first-order valence-corrected chi connectivity index (χ1v) is 6.46. The number of hydrogen-bond acceptors (Lipinski definition) is 3. The summed E-state index contributed by atoms with van der Waals surface area (Å²) in [4.78, 5) is 19.6. The van der Waals surface area contributed by atoms with E-state index >= 15 is 0 Å². The van der Waals surface area contributed by atoms with Gasteiger partial charge in [-0.25, -0.2) is 4.79 Å². The topological polar surface area (TPSA) is 86.6 Å². The van der Waals surface area contributed by atoms with Crippen LogP contribution in [-0.4, -0.2) is 40.9 Å². The summed E-state index contributed by atoms with van der Waals surface area (Å²) >= 11 is 0.